The Kier molecular flexibility index (Phi) is 13.0. The van der Waals surface area contributed by atoms with Crippen LogP contribution in [0, 0.1) is 10.8 Å². The van der Waals surface area contributed by atoms with E-state index in [0.717, 1.165) is 0 Å². The minimum Gasteiger partial charge on any atom is -0.310 e. The summed E-state index contributed by atoms with van der Waals surface area (Å²) in [5.41, 5.74) is 16.3. The molecule has 76 heavy (non-hydrogen) atoms. The maximum Gasteiger partial charge on any atom is 0.0775 e. The predicted octanol–water partition coefficient (Wildman–Crippen LogP) is 18.1. The van der Waals surface area contributed by atoms with Gasteiger partial charge >= 0.3 is 0 Å². The molecule has 0 aromatic heterocycles. The van der Waals surface area contributed by atoms with Crippen LogP contribution in [0.25, 0.3) is 22.3 Å². The summed E-state index contributed by atoms with van der Waals surface area (Å²) in [4.78, 5) is 5.08. The average molecular weight is 1070 g/mol. The zero-order valence-electron chi connectivity index (χ0n) is 49.2. The summed E-state index contributed by atoms with van der Waals surface area (Å²) < 4.78 is 0. The van der Waals surface area contributed by atoms with E-state index in [1.54, 1.807) is 0 Å². The fourth-order valence-electron chi connectivity index (χ4n) is 13.7. The minimum absolute atomic E-state index is 0.313. The second-order valence-corrected chi connectivity index (χ2v) is 48.7. The highest BCUT2D eigenvalue weighted by Gasteiger charge is 2.70. The van der Waals surface area contributed by atoms with Crippen molar-refractivity contribution in [1.82, 2.24) is 0 Å². The van der Waals surface area contributed by atoms with Crippen LogP contribution in [0.1, 0.15) is 63.8 Å². The van der Waals surface area contributed by atoms with E-state index < -0.39 is 43.1 Å². The lowest BCUT2D eigenvalue weighted by Crippen LogP contribution is -2.62. The number of rotatable bonds is 11. The zero-order valence-corrected chi connectivity index (χ0v) is 53.2. The Morgan fingerprint density at radius 1 is 0.263 bits per heavy atom. The molecule has 6 heteroatoms. The SMILES string of the molecule is CC(C)(C)C1(C2(C(C)(C)C)c3ccccc3-c3ccc(N(c4ccc([Si](C)(C)C)cc4)c4ccc([Si](C)(C)C)cc4)cc32)c2ccccc2-c2ccc(N(c3ccc([Si](C)(C)C)cc3)c3ccc([Si](C)(C)C)cc3)cc21. The van der Waals surface area contributed by atoms with Crippen LogP contribution in [-0.2, 0) is 10.8 Å². The van der Waals surface area contributed by atoms with Crippen molar-refractivity contribution in [3.63, 3.8) is 0 Å². The van der Waals surface area contributed by atoms with Crippen molar-refractivity contribution in [1.29, 1.82) is 0 Å². The molecule has 0 bridgehead atoms. The lowest BCUT2D eigenvalue weighted by atomic mass is 9.39. The Morgan fingerprint density at radius 2 is 0.487 bits per heavy atom. The summed E-state index contributed by atoms with van der Waals surface area (Å²) in [5, 5.41) is 5.88. The van der Waals surface area contributed by atoms with Gasteiger partial charge in [-0.25, -0.2) is 0 Å². The molecule has 2 aliphatic rings. The molecule has 0 fully saturated rings. The highest BCUT2D eigenvalue weighted by Crippen LogP contribution is 2.75. The third kappa shape index (κ3) is 8.61. The highest BCUT2D eigenvalue weighted by molar-refractivity contribution is 6.90. The molecule has 2 atom stereocenters. The van der Waals surface area contributed by atoms with Crippen LogP contribution >= 0.6 is 0 Å². The van der Waals surface area contributed by atoms with Gasteiger partial charge in [0.25, 0.3) is 0 Å². The van der Waals surface area contributed by atoms with E-state index in [-0.39, 0.29) is 10.8 Å². The van der Waals surface area contributed by atoms with Gasteiger partial charge in [0.05, 0.1) is 32.3 Å². The molecule has 10 rings (SSSR count). The summed E-state index contributed by atoms with van der Waals surface area (Å²) in [6.45, 7) is 44.6. The molecule has 0 radical (unpaired) electrons. The van der Waals surface area contributed by atoms with Crippen LogP contribution in [0.15, 0.2) is 182 Å². The van der Waals surface area contributed by atoms with Gasteiger partial charge in [-0.05, 0) is 128 Å². The maximum absolute atomic E-state index is 2.63. The zero-order chi connectivity index (χ0) is 54.8. The summed E-state index contributed by atoms with van der Waals surface area (Å²) in [5.74, 6) is 0. The monoisotopic (exact) mass is 1060 g/mol. The maximum atomic E-state index is 2.63. The van der Waals surface area contributed by atoms with Crippen LogP contribution in [0.2, 0.25) is 78.6 Å². The van der Waals surface area contributed by atoms with Crippen LogP contribution in [0.3, 0.4) is 0 Å². The van der Waals surface area contributed by atoms with Crippen molar-refractivity contribution >= 4 is 87.2 Å². The Bertz CT molecular complexity index is 3110. The second kappa shape index (κ2) is 18.4. The first-order valence-corrected chi connectivity index (χ1v) is 42.0. The van der Waals surface area contributed by atoms with Crippen LogP contribution < -0.4 is 30.5 Å². The molecule has 2 unspecified atom stereocenters. The standard InChI is InChI=1S/C70H84N2Si4/c1-67(2,3)69(63-25-21-19-23-59(63)61-45-35-53(47-65(61)69)71(49-27-37-55(38-28-49)73(7,8)9)50-29-39-56(40-30-50)74(10,11)12)70(68(4,5)6)64-26-22-20-24-60(64)62-46-36-54(48-66(62)70)72(51-31-41-57(42-32-51)75(13,14)15)52-33-43-58(44-34-52)76(16,17)18/h19-48H,1-18H3. The number of hydrogen-bond donors (Lipinski definition) is 0. The van der Waals surface area contributed by atoms with Gasteiger partial charge in [-0.15, -0.1) is 0 Å². The van der Waals surface area contributed by atoms with Crippen LogP contribution in [0.4, 0.5) is 34.1 Å². The lowest BCUT2D eigenvalue weighted by Gasteiger charge is -2.62. The molecule has 2 nitrogen and oxygen atoms in total. The first-order valence-electron chi connectivity index (χ1n) is 28.0. The molecule has 390 valence electrons. The minimum atomic E-state index is -1.55. The molecule has 2 aliphatic carbocycles. The molecule has 0 heterocycles. The first-order chi connectivity index (χ1) is 35.5. The van der Waals surface area contributed by atoms with Crippen molar-refractivity contribution in [2.45, 2.75) is 131 Å². The third-order valence-electron chi connectivity index (χ3n) is 17.4. The van der Waals surface area contributed by atoms with E-state index in [1.807, 2.05) is 0 Å². The molecule has 8 aromatic carbocycles. The molecule has 0 N–H and O–H groups in total. The number of benzene rings is 8. The molecular weight excluding hydrogens is 981 g/mol. The van der Waals surface area contributed by atoms with Gasteiger partial charge in [0.15, 0.2) is 0 Å². The van der Waals surface area contributed by atoms with Gasteiger partial charge in [0.1, 0.15) is 0 Å². The van der Waals surface area contributed by atoms with E-state index >= 15 is 0 Å². The first kappa shape index (κ1) is 53.6. The summed E-state index contributed by atoms with van der Waals surface area (Å²) in [7, 11) is -6.20. The lowest BCUT2D eigenvalue weighted by molar-refractivity contribution is 0.0594. The van der Waals surface area contributed by atoms with Crippen LogP contribution in [0.5, 0.6) is 0 Å². The van der Waals surface area contributed by atoms with E-state index in [4.69, 9.17) is 0 Å². The Labute approximate surface area is 462 Å². The number of nitrogens with zero attached hydrogens (tertiary/aromatic N) is 2. The smallest absolute Gasteiger partial charge is 0.0775 e. The Hall–Kier alpha value is -5.77. The van der Waals surface area contributed by atoms with Crippen molar-refractivity contribution < 1.29 is 0 Å². The molecule has 0 saturated heterocycles. The Balaban J connectivity index is 1.29. The fraction of sp³-hybridized carbons (Fsp3) is 0.314. The van der Waals surface area contributed by atoms with Gasteiger partial charge in [0.2, 0.25) is 0 Å². The molecule has 0 aliphatic heterocycles. The number of hydrogen-bond acceptors (Lipinski definition) is 2. The van der Waals surface area contributed by atoms with Gasteiger partial charge in [-0.3, -0.25) is 0 Å². The summed E-state index contributed by atoms with van der Waals surface area (Å²) in [6, 6.07) is 72.2. The van der Waals surface area contributed by atoms with Crippen molar-refractivity contribution in [2.24, 2.45) is 10.8 Å². The van der Waals surface area contributed by atoms with Gasteiger partial charge in [-0.2, -0.15) is 0 Å². The van der Waals surface area contributed by atoms with Crippen molar-refractivity contribution in [3.8, 4) is 22.3 Å². The number of fused-ring (bicyclic) bond motifs is 6. The summed E-state index contributed by atoms with van der Waals surface area (Å²) >= 11 is 0. The van der Waals surface area contributed by atoms with Crippen molar-refractivity contribution in [2.75, 3.05) is 9.80 Å². The van der Waals surface area contributed by atoms with E-state index in [9.17, 15) is 0 Å². The predicted molar refractivity (Wildman–Crippen MR) is 346 cm³/mol. The van der Waals surface area contributed by atoms with E-state index in [0.29, 0.717) is 0 Å². The average Bonchev–Trinajstić information content (AvgIpc) is 3.82. The summed E-state index contributed by atoms with van der Waals surface area (Å²) in [6.07, 6.45) is 0. The largest absolute Gasteiger partial charge is 0.310 e. The normalized spacial score (nSPS) is 17.4. The van der Waals surface area contributed by atoms with Crippen LogP contribution in [-0.4, -0.2) is 32.3 Å². The van der Waals surface area contributed by atoms with E-state index in [2.05, 4.69) is 312 Å². The van der Waals surface area contributed by atoms with Gasteiger partial charge < -0.3 is 9.80 Å². The molecule has 0 saturated carbocycles. The quantitative estimate of drug-likeness (QED) is 0.119. The van der Waals surface area contributed by atoms with Gasteiger partial charge in [0, 0.05) is 45.0 Å². The van der Waals surface area contributed by atoms with Gasteiger partial charge in [-0.1, -0.05) is 250 Å². The fourth-order valence-corrected chi connectivity index (χ4v) is 18.4. The molecule has 8 aromatic rings. The molecule has 0 spiro atoms. The third-order valence-corrected chi connectivity index (χ3v) is 25.6. The highest BCUT2D eigenvalue weighted by atomic mass is 28.3. The number of anilines is 6. The molecule has 0 amide bonds. The second-order valence-electron chi connectivity index (χ2n) is 28.4. The Morgan fingerprint density at radius 3 is 0.724 bits per heavy atom. The molecular formula is C70H84N2Si4. The topological polar surface area (TPSA) is 6.48 Å². The van der Waals surface area contributed by atoms with E-state index in [1.165, 1.54) is 99.4 Å². The van der Waals surface area contributed by atoms with Crippen molar-refractivity contribution in [3.05, 3.63) is 204 Å².